The van der Waals surface area contributed by atoms with Crippen molar-refractivity contribution in [3.05, 3.63) is 77.9 Å². The molecule has 174 valence electrons. The molecule has 1 saturated carbocycles. The number of amides is 2. The molecule has 34 heavy (non-hydrogen) atoms. The zero-order valence-corrected chi connectivity index (χ0v) is 19.5. The van der Waals surface area contributed by atoms with E-state index in [1.165, 1.54) is 0 Å². The first-order chi connectivity index (χ1) is 16.5. The van der Waals surface area contributed by atoms with Gasteiger partial charge >= 0.3 is 0 Å². The fourth-order valence-electron chi connectivity index (χ4n) is 4.49. The normalized spacial score (nSPS) is 15.0. The minimum Gasteiger partial charge on any atom is -0.454 e. The smallest absolute Gasteiger partial charge is 0.253 e. The lowest BCUT2D eigenvalue weighted by molar-refractivity contribution is -0.118. The van der Waals surface area contributed by atoms with Crippen LogP contribution in [-0.2, 0) is 10.2 Å². The molecule has 1 aliphatic heterocycles. The standard InChI is InChI=1S/C28H28N2O4/c1-3-30(4-2)26(31)20-10-8-19(9-11-20)21-6-5-7-23(16-21)29-27(32)28(14-15-28)22-12-13-24-25(17-22)34-18-33-24/h5-13,16-17H,3-4,14-15,18H2,1-2H3,(H,29,32). The number of hydrogen-bond acceptors (Lipinski definition) is 4. The molecule has 1 N–H and O–H groups in total. The SMILES string of the molecule is CCN(CC)C(=O)c1ccc(-c2cccc(NC(=O)C3(c4ccc5c(c4)OCO5)CC3)c2)cc1. The highest BCUT2D eigenvalue weighted by Gasteiger charge is 2.51. The Morgan fingerprint density at radius 3 is 2.32 bits per heavy atom. The predicted octanol–water partition coefficient (Wildman–Crippen LogP) is 5.23. The second-order valence-electron chi connectivity index (χ2n) is 8.74. The molecule has 0 spiro atoms. The quantitative estimate of drug-likeness (QED) is 0.528. The summed E-state index contributed by atoms with van der Waals surface area (Å²) in [6.07, 6.45) is 1.61. The van der Waals surface area contributed by atoms with Crippen LogP contribution in [0.4, 0.5) is 5.69 Å². The summed E-state index contributed by atoms with van der Waals surface area (Å²) in [5, 5.41) is 3.11. The van der Waals surface area contributed by atoms with Gasteiger partial charge in [-0.2, -0.15) is 0 Å². The highest BCUT2D eigenvalue weighted by atomic mass is 16.7. The van der Waals surface area contributed by atoms with Crippen molar-refractivity contribution in [3.63, 3.8) is 0 Å². The molecule has 1 heterocycles. The molecular weight excluding hydrogens is 428 g/mol. The van der Waals surface area contributed by atoms with Crippen LogP contribution in [0.15, 0.2) is 66.7 Å². The average molecular weight is 457 g/mol. The van der Waals surface area contributed by atoms with Crippen molar-refractivity contribution in [1.82, 2.24) is 4.90 Å². The molecule has 6 heteroatoms. The maximum atomic E-state index is 13.3. The van der Waals surface area contributed by atoms with E-state index in [2.05, 4.69) is 5.32 Å². The Hall–Kier alpha value is -3.80. The third-order valence-corrected chi connectivity index (χ3v) is 6.75. The van der Waals surface area contributed by atoms with E-state index < -0.39 is 5.41 Å². The number of carbonyl (C=O) groups excluding carboxylic acids is 2. The lowest BCUT2D eigenvalue weighted by atomic mass is 9.94. The molecule has 0 aromatic heterocycles. The summed E-state index contributed by atoms with van der Waals surface area (Å²) in [7, 11) is 0. The summed E-state index contributed by atoms with van der Waals surface area (Å²) in [6.45, 7) is 5.55. The number of fused-ring (bicyclic) bond motifs is 1. The van der Waals surface area contributed by atoms with Crippen LogP contribution < -0.4 is 14.8 Å². The Labute approximate surface area is 199 Å². The van der Waals surface area contributed by atoms with E-state index in [1.807, 2.05) is 80.6 Å². The summed E-state index contributed by atoms with van der Waals surface area (Å²) in [6, 6.07) is 21.2. The fraction of sp³-hybridized carbons (Fsp3) is 0.286. The molecule has 2 amide bonds. The third kappa shape index (κ3) is 4.00. The number of hydrogen-bond donors (Lipinski definition) is 1. The second-order valence-corrected chi connectivity index (χ2v) is 8.74. The Morgan fingerprint density at radius 2 is 1.62 bits per heavy atom. The van der Waals surface area contributed by atoms with Crippen molar-refractivity contribution in [3.8, 4) is 22.6 Å². The van der Waals surface area contributed by atoms with Crippen molar-refractivity contribution < 1.29 is 19.1 Å². The lowest BCUT2D eigenvalue weighted by Crippen LogP contribution is -2.30. The first kappa shape index (κ1) is 22.0. The van der Waals surface area contributed by atoms with Crippen LogP contribution in [0.1, 0.15) is 42.6 Å². The van der Waals surface area contributed by atoms with Crippen LogP contribution in [0, 0.1) is 0 Å². The number of ether oxygens (including phenoxy) is 2. The monoisotopic (exact) mass is 456 g/mol. The molecule has 3 aromatic rings. The molecular formula is C28H28N2O4. The van der Waals surface area contributed by atoms with Gasteiger partial charge in [0.2, 0.25) is 12.7 Å². The number of anilines is 1. The van der Waals surface area contributed by atoms with Gasteiger partial charge in [0.05, 0.1) is 5.41 Å². The molecule has 1 aliphatic carbocycles. The summed E-state index contributed by atoms with van der Waals surface area (Å²) >= 11 is 0. The molecule has 3 aromatic carbocycles. The number of benzene rings is 3. The lowest BCUT2D eigenvalue weighted by Gasteiger charge is -2.18. The molecule has 0 saturated heterocycles. The Bertz CT molecular complexity index is 1230. The van der Waals surface area contributed by atoms with Crippen LogP contribution in [0.3, 0.4) is 0 Å². The van der Waals surface area contributed by atoms with Gasteiger partial charge in [-0.05, 0) is 79.8 Å². The van der Waals surface area contributed by atoms with Crippen LogP contribution >= 0.6 is 0 Å². The van der Waals surface area contributed by atoms with Crippen molar-refractivity contribution >= 4 is 17.5 Å². The molecule has 0 radical (unpaired) electrons. The Balaban J connectivity index is 1.32. The van der Waals surface area contributed by atoms with Gasteiger partial charge in [0, 0.05) is 24.3 Å². The summed E-state index contributed by atoms with van der Waals surface area (Å²) < 4.78 is 10.9. The fourth-order valence-corrected chi connectivity index (χ4v) is 4.49. The number of nitrogens with one attached hydrogen (secondary N) is 1. The van der Waals surface area contributed by atoms with Crippen LogP contribution in [0.5, 0.6) is 11.5 Å². The van der Waals surface area contributed by atoms with Gasteiger partial charge in [-0.3, -0.25) is 9.59 Å². The zero-order valence-electron chi connectivity index (χ0n) is 19.5. The van der Waals surface area contributed by atoms with E-state index in [0.717, 1.165) is 41.0 Å². The number of nitrogens with zero attached hydrogens (tertiary/aromatic N) is 1. The average Bonchev–Trinajstić information content (AvgIpc) is 3.56. The maximum Gasteiger partial charge on any atom is 0.253 e. The first-order valence-corrected chi connectivity index (χ1v) is 11.8. The van der Waals surface area contributed by atoms with E-state index in [4.69, 9.17) is 9.47 Å². The molecule has 0 unspecified atom stereocenters. The topological polar surface area (TPSA) is 67.9 Å². The second kappa shape index (κ2) is 8.86. The summed E-state index contributed by atoms with van der Waals surface area (Å²) in [4.78, 5) is 27.6. The predicted molar refractivity (Wildman–Crippen MR) is 131 cm³/mol. The van der Waals surface area contributed by atoms with E-state index in [9.17, 15) is 9.59 Å². The van der Waals surface area contributed by atoms with E-state index in [0.29, 0.717) is 24.4 Å². The molecule has 6 nitrogen and oxygen atoms in total. The van der Waals surface area contributed by atoms with Gasteiger partial charge in [0.25, 0.3) is 5.91 Å². The molecule has 5 rings (SSSR count). The van der Waals surface area contributed by atoms with Crippen LogP contribution in [-0.4, -0.2) is 36.6 Å². The zero-order chi connectivity index (χ0) is 23.7. The number of carbonyl (C=O) groups is 2. The Morgan fingerprint density at radius 1 is 0.882 bits per heavy atom. The van der Waals surface area contributed by atoms with Crippen LogP contribution in [0.25, 0.3) is 11.1 Å². The Kier molecular flexibility index (Phi) is 5.74. The maximum absolute atomic E-state index is 13.3. The van der Waals surface area contributed by atoms with Crippen molar-refractivity contribution in [1.29, 1.82) is 0 Å². The van der Waals surface area contributed by atoms with Crippen molar-refractivity contribution in [2.24, 2.45) is 0 Å². The highest BCUT2D eigenvalue weighted by molar-refractivity contribution is 6.02. The van der Waals surface area contributed by atoms with Crippen molar-refractivity contribution in [2.75, 3.05) is 25.2 Å². The van der Waals surface area contributed by atoms with Gasteiger partial charge in [-0.25, -0.2) is 0 Å². The van der Waals surface area contributed by atoms with E-state index in [-0.39, 0.29) is 18.6 Å². The van der Waals surface area contributed by atoms with Gasteiger partial charge < -0.3 is 19.7 Å². The molecule has 1 fully saturated rings. The van der Waals surface area contributed by atoms with E-state index in [1.54, 1.807) is 4.90 Å². The minimum atomic E-state index is -0.524. The van der Waals surface area contributed by atoms with Gasteiger partial charge in [-0.15, -0.1) is 0 Å². The largest absolute Gasteiger partial charge is 0.454 e. The molecule has 0 atom stereocenters. The van der Waals surface area contributed by atoms with Crippen LogP contribution in [0.2, 0.25) is 0 Å². The highest BCUT2D eigenvalue weighted by Crippen LogP contribution is 2.51. The van der Waals surface area contributed by atoms with Crippen molar-refractivity contribution in [2.45, 2.75) is 32.1 Å². The molecule has 0 bridgehead atoms. The van der Waals surface area contributed by atoms with E-state index >= 15 is 0 Å². The minimum absolute atomic E-state index is 0.0105. The number of rotatable bonds is 7. The third-order valence-electron chi connectivity index (χ3n) is 6.75. The van der Waals surface area contributed by atoms with Gasteiger partial charge in [0.1, 0.15) is 0 Å². The summed E-state index contributed by atoms with van der Waals surface area (Å²) in [5.74, 6) is 1.44. The first-order valence-electron chi connectivity index (χ1n) is 11.8. The van der Waals surface area contributed by atoms with Gasteiger partial charge in [-0.1, -0.05) is 30.3 Å². The molecule has 2 aliphatic rings. The van der Waals surface area contributed by atoms with Gasteiger partial charge in [0.15, 0.2) is 11.5 Å². The summed E-state index contributed by atoms with van der Waals surface area (Å²) in [5.41, 5.74) is 3.83.